The van der Waals surface area contributed by atoms with Gasteiger partial charge in [0.25, 0.3) is 0 Å². The number of hydrogen-bond acceptors (Lipinski definition) is 2. The van der Waals surface area contributed by atoms with Crippen LogP contribution >= 0.6 is 0 Å². The first-order valence-corrected chi connectivity index (χ1v) is 10.6. The zero-order valence-electron chi connectivity index (χ0n) is 15.1. The van der Waals surface area contributed by atoms with Crippen molar-refractivity contribution in [2.24, 2.45) is 47.3 Å². The lowest BCUT2D eigenvalue weighted by Gasteiger charge is -2.18. The van der Waals surface area contributed by atoms with Crippen LogP contribution in [0.1, 0.15) is 38.5 Å². The first kappa shape index (κ1) is 15.4. The Hall–Kier alpha value is -1.70. The Morgan fingerprint density at radius 2 is 1.08 bits per heavy atom. The molecule has 0 aliphatic heterocycles. The van der Waals surface area contributed by atoms with E-state index in [0.717, 1.165) is 36.8 Å². The molecule has 0 aromatic heterocycles. The molecule has 6 aliphatic carbocycles. The fourth-order valence-corrected chi connectivity index (χ4v) is 7.01. The largest absolute Gasteiger partial charge is 0.294 e. The number of carbonyl (C=O) groups is 2. The van der Waals surface area contributed by atoms with Crippen molar-refractivity contribution in [2.45, 2.75) is 38.5 Å². The van der Waals surface area contributed by atoms with Gasteiger partial charge in [-0.1, -0.05) is 36.5 Å². The first-order valence-electron chi connectivity index (χ1n) is 10.6. The minimum atomic E-state index is 0.265. The summed E-state index contributed by atoms with van der Waals surface area (Å²) >= 11 is 0. The van der Waals surface area contributed by atoms with Crippen LogP contribution in [0.5, 0.6) is 0 Å². The summed E-state index contributed by atoms with van der Waals surface area (Å²) in [6.45, 7) is 0. The molecule has 0 aromatic rings. The molecule has 0 radical (unpaired) electrons. The highest BCUT2D eigenvalue weighted by atomic mass is 16.1. The summed E-state index contributed by atoms with van der Waals surface area (Å²) in [6.07, 6.45) is 20.1. The molecular formula is C24H26O2. The molecule has 2 nitrogen and oxygen atoms in total. The molecule has 26 heavy (non-hydrogen) atoms. The third-order valence-electron chi connectivity index (χ3n) is 8.21. The number of ketones is 2. The molecule has 2 saturated carbocycles. The van der Waals surface area contributed by atoms with Gasteiger partial charge < -0.3 is 0 Å². The Morgan fingerprint density at radius 3 is 1.50 bits per heavy atom. The Bertz CT molecular complexity index is 742. The van der Waals surface area contributed by atoms with E-state index in [2.05, 4.69) is 36.5 Å². The van der Waals surface area contributed by atoms with Crippen molar-refractivity contribution >= 4 is 11.6 Å². The van der Waals surface area contributed by atoms with E-state index in [1.165, 1.54) is 12.8 Å². The summed E-state index contributed by atoms with van der Waals surface area (Å²) in [4.78, 5) is 25.4. The maximum Gasteiger partial charge on any atom is 0.162 e. The van der Waals surface area contributed by atoms with E-state index in [1.54, 1.807) is 0 Å². The smallest absolute Gasteiger partial charge is 0.162 e. The van der Waals surface area contributed by atoms with Gasteiger partial charge in [-0.05, 0) is 85.2 Å². The van der Waals surface area contributed by atoms with Crippen LogP contribution in [0.3, 0.4) is 0 Å². The van der Waals surface area contributed by atoms with Gasteiger partial charge in [0.2, 0.25) is 0 Å². The molecular weight excluding hydrogens is 320 g/mol. The predicted molar refractivity (Wildman–Crippen MR) is 100 cm³/mol. The van der Waals surface area contributed by atoms with Crippen LogP contribution < -0.4 is 0 Å². The summed E-state index contributed by atoms with van der Waals surface area (Å²) in [5.41, 5.74) is 2.17. The number of unbranched alkanes of at least 4 members (excludes halogenated alkanes) is 1. The van der Waals surface area contributed by atoms with Crippen LogP contribution in [-0.2, 0) is 9.59 Å². The van der Waals surface area contributed by atoms with E-state index < -0.39 is 0 Å². The van der Waals surface area contributed by atoms with Crippen LogP contribution in [0.2, 0.25) is 0 Å². The topological polar surface area (TPSA) is 34.1 Å². The van der Waals surface area contributed by atoms with Crippen LogP contribution in [0, 0.1) is 47.3 Å². The predicted octanol–water partition coefficient (Wildman–Crippen LogP) is 4.44. The third kappa shape index (κ3) is 1.99. The monoisotopic (exact) mass is 346 g/mol. The van der Waals surface area contributed by atoms with Crippen molar-refractivity contribution in [3.63, 3.8) is 0 Å². The zero-order valence-corrected chi connectivity index (χ0v) is 15.1. The van der Waals surface area contributed by atoms with E-state index in [9.17, 15) is 9.59 Å². The van der Waals surface area contributed by atoms with Gasteiger partial charge in [-0.2, -0.15) is 0 Å². The average molecular weight is 346 g/mol. The number of Topliss-reactive ketones (excluding diaryl/α,β-unsaturated/α-hetero) is 2. The Kier molecular flexibility index (Phi) is 3.19. The van der Waals surface area contributed by atoms with Crippen LogP contribution in [0.4, 0.5) is 0 Å². The van der Waals surface area contributed by atoms with Gasteiger partial charge >= 0.3 is 0 Å². The van der Waals surface area contributed by atoms with E-state index in [4.69, 9.17) is 0 Å². The summed E-state index contributed by atoms with van der Waals surface area (Å²) in [6, 6.07) is 0. The molecule has 0 saturated heterocycles. The third-order valence-corrected chi connectivity index (χ3v) is 8.21. The molecule has 0 aromatic carbocycles. The molecule has 4 bridgehead atoms. The Labute approximate surface area is 155 Å². The van der Waals surface area contributed by atoms with E-state index in [0.29, 0.717) is 47.1 Å². The van der Waals surface area contributed by atoms with E-state index in [1.807, 2.05) is 0 Å². The normalized spacial score (nSPS) is 46.3. The fraction of sp³-hybridized carbons (Fsp3) is 0.583. The highest BCUT2D eigenvalue weighted by Crippen LogP contribution is 2.54. The second kappa shape index (κ2) is 5.41. The minimum absolute atomic E-state index is 0.265. The molecule has 2 fully saturated rings. The number of allylic oxidation sites excluding steroid dienone is 8. The van der Waals surface area contributed by atoms with Gasteiger partial charge in [0, 0.05) is 11.8 Å². The lowest BCUT2D eigenvalue weighted by Crippen LogP contribution is -2.21. The summed E-state index contributed by atoms with van der Waals surface area (Å²) in [7, 11) is 0. The van der Waals surface area contributed by atoms with Gasteiger partial charge in [0.1, 0.15) is 0 Å². The molecule has 8 atom stereocenters. The highest BCUT2D eigenvalue weighted by Gasteiger charge is 2.51. The van der Waals surface area contributed by atoms with E-state index in [-0.39, 0.29) is 11.8 Å². The second-order valence-corrected chi connectivity index (χ2v) is 9.42. The summed E-state index contributed by atoms with van der Waals surface area (Å²) in [5.74, 6) is 4.64. The van der Waals surface area contributed by atoms with Crippen molar-refractivity contribution in [1.82, 2.24) is 0 Å². The van der Waals surface area contributed by atoms with Crippen LogP contribution in [0.25, 0.3) is 0 Å². The van der Waals surface area contributed by atoms with Crippen molar-refractivity contribution in [2.75, 3.05) is 0 Å². The summed E-state index contributed by atoms with van der Waals surface area (Å²) < 4.78 is 0. The molecule has 2 heteroatoms. The minimum Gasteiger partial charge on any atom is -0.294 e. The quantitative estimate of drug-likeness (QED) is 0.545. The van der Waals surface area contributed by atoms with Gasteiger partial charge in [-0.25, -0.2) is 0 Å². The lowest BCUT2D eigenvalue weighted by molar-refractivity contribution is -0.120. The molecule has 0 N–H and O–H groups in total. The summed E-state index contributed by atoms with van der Waals surface area (Å²) in [5, 5.41) is 0. The van der Waals surface area contributed by atoms with E-state index >= 15 is 0 Å². The molecule has 8 unspecified atom stereocenters. The first-order chi connectivity index (χ1) is 12.7. The van der Waals surface area contributed by atoms with Crippen LogP contribution in [0.15, 0.2) is 47.6 Å². The maximum atomic E-state index is 12.7. The molecule has 0 amide bonds. The molecule has 134 valence electrons. The standard InChI is InChI=1S/C24H26O2/c25-23-17(11-19-13-5-7-15(9-13)21(19)23)3-1-2-4-18-12-20-14-6-8-16(10-14)22(20)24(18)26/h5-8,11-16,19-22H,1-4,9-10H2. The van der Waals surface area contributed by atoms with Crippen molar-refractivity contribution in [3.05, 3.63) is 47.6 Å². The lowest BCUT2D eigenvalue weighted by atomic mass is 9.84. The molecule has 0 spiro atoms. The van der Waals surface area contributed by atoms with Gasteiger partial charge in [-0.3, -0.25) is 9.59 Å². The molecule has 6 rings (SSSR count). The Morgan fingerprint density at radius 1 is 0.654 bits per heavy atom. The van der Waals surface area contributed by atoms with Crippen LogP contribution in [-0.4, -0.2) is 11.6 Å². The number of carbonyl (C=O) groups excluding carboxylic acids is 2. The van der Waals surface area contributed by atoms with Gasteiger partial charge in [0.05, 0.1) is 0 Å². The fourth-order valence-electron chi connectivity index (χ4n) is 7.01. The zero-order chi connectivity index (χ0) is 17.4. The number of fused-ring (bicyclic) bond motifs is 10. The highest BCUT2D eigenvalue weighted by molar-refractivity contribution is 6.01. The average Bonchev–Trinajstić information content (AvgIpc) is 3.43. The number of hydrogen-bond donors (Lipinski definition) is 0. The van der Waals surface area contributed by atoms with Gasteiger partial charge in [0.15, 0.2) is 11.6 Å². The van der Waals surface area contributed by atoms with Crippen molar-refractivity contribution < 1.29 is 9.59 Å². The number of rotatable bonds is 5. The SMILES string of the molecule is O=C1C(CCCCC2=CC3C4C=CC(C4)C3C2=O)=CC2C3C=CC(C3)C12. The molecule has 0 heterocycles. The van der Waals surface area contributed by atoms with Crippen molar-refractivity contribution in [3.8, 4) is 0 Å². The maximum absolute atomic E-state index is 12.7. The second-order valence-electron chi connectivity index (χ2n) is 9.42. The molecule has 6 aliphatic rings. The van der Waals surface area contributed by atoms with Crippen molar-refractivity contribution in [1.29, 1.82) is 0 Å². The van der Waals surface area contributed by atoms with Gasteiger partial charge in [-0.15, -0.1) is 0 Å². The Balaban J connectivity index is 1.04.